The van der Waals surface area contributed by atoms with Crippen molar-refractivity contribution in [3.8, 4) is 11.6 Å². The summed E-state index contributed by atoms with van der Waals surface area (Å²) in [6.45, 7) is 0. The van der Waals surface area contributed by atoms with Crippen LogP contribution in [0, 0.1) is 4.77 Å². The Labute approximate surface area is 110 Å². The topological polar surface area (TPSA) is 46.8 Å². The molecule has 2 heterocycles. The molecule has 0 aliphatic rings. The fourth-order valence-corrected chi connectivity index (χ4v) is 2.20. The summed E-state index contributed by atoms with van der Waals surface area (Å²) in [5, 5.41) is 7.91. The zero-order valence-electron chi connectivity index (χ0n) is 8.90. The van der Waals surface area contributed by atoms with Gasteiger partial charge in [-0.05, 0) is 36.5 Å². The number of nitrogens with one attached hydrogen (secondary N) is 1. The van der Waals surface area contributed by atoms with Crippen molar-refractivity contribution in [2.24, 2.45) is 7.05 Å². The quantitative estimate of drug-likeness (QED) is 0.698. The Hall–Kier alpha value is -1.40. The van der Waals surface area contributed by atoms with Crippen molar-refractivity contribution in [3.63, 3.8) is 0 Å². The SMILES string of the molecule is Cn1c(-c2cc3cc(Br)ccc3o2)n[nH]c1=S. The Kier molecular flexibility index (Phi) is 2.41. The minimum Gasteiger partial charge on any atom is -0.453 e. The van der Waals surface area contributed by atoms with Crippen molar-refractivity contribution in [2.75, 3.05) is 0 Å². The molecule has 1 aromatic carbocycles. The lowest BCUT2D eigenvalue weighted by Crippen LogP contribution is -1.90. The zero-order valence-corrected chi connectivity index (χ0v) is 11.3. The first-order valence-corrected chi connectivity index (χ1v) is 6.16. The van der Waals surface area contributed by atoms with E-state index < -0.39 is 0 Å². The molecule has 0 spiro atoms. The van der Waals surface area contributed by atoms with E-state index in [-0.39, 0.29) is 0 Å². The molecule has 1 N–H and O–H groups in total. The molecule has 2 aromatic heterocycles. The molecule has 0 fully saturated rings. The average Bonchev–Trinajstić information content (AvgIpc) is 2.83. The molecule has 0 aliphatic carbocycles. The summed E-state index contributed by atoms with van der Waals surface area (Å²) in [6, 6.07) is 7.82. The molecule has 0 amide bonds. The lowest BCUT2D eigenvalue weighted by atomic mass is 10.2. The Morgan fingerprint density at radius 1 is 1.41 bits per heavy atom. The fourth-order valence-electron chi connectivity index (χ4n) is 1.69. The molecular formula is C11H8BrN3OS. The van der Waals surface area contributed by atoms with Crippen LogP contribution in [0.1, 0.15) is 0 Å². The highest BCUT2D eigenvalue weighted by Gasteiger charge is 2.11. The van der Waals surface area contributed by atoms with Crippen LogP contribution < -0.4 is 0 Å². The molecule has 0 radical (unpaired) electrons. The lowest BCUT2D eigenvalue weighted by Gasteiger charge is -1.93. The highest BCUT2D eigenvalue weighted by atomic mass is 79.9. The number of hydrogen-bond donors (Lipinski definition) is 1. The van der Waals surface area contributed by atoms with Crippen molar-refractivity contribution in [1.82, 2.24) is 14.8 Å². The van der Waals surface area contributed by atoms with E-state index in [4.69, 9.17) is 16.6 Å². The number of fused-ring (bicyclic) bond motifs is 1. The van der Waals surface area contributed by atoms with Gasteiger partial charge in [-0.2, -0.15) is 5.10 Å². The number of hydrogen-bond acceptors (Lipinski definition) is 3. The fraction of sp³-hybridized carbons (Fsp3) is 0.0909. The van der Waals surface area contributed by atoms with E-state index in [0.717, 1.165) is 15.4 Å². The molecule has 0 unspecified atom stereocenters. The van der Waals surface area contributed by atoms with E-state index in [1.165, 1.54) is 0 Å². The van der Waals surface area contributed by atoms with Crippen LogP contribution >= 0.6 is 28.1 Å². The summed E-state index contributed by atoms with van der Waals surface area (Å²) in [5.41, 5.74) is 0.831. The van der Waals surface area contributed by atoms with Gasteiger partial charge in [0.05, 0.1) is 0 Å². The number of furan rings is 1. The Morgan fingerprint density at radius 2 is 2.24 bits per heavy atom. The smallest absolute Gasteiger partial charge is 0.198 e. The second kappa shape index (κ2) is 3.82. The summed E-state index contributed by atoms with van der Waals surface area (Å²) in [7, 11) is 1.85. The van der Waals surface area contributed by atoms with Crippen LogP contribution in [0.25, 0.3) is 22.6 Å². The number of nitrogens with zero attached hydrogens (tertiary/aromatic N) is 2. The van der Waals surface area contributed by atoms with E-state index in [1.54, 1.807) is 4.57 Å². The molecule has 0 aliphatic heterocycles. The van der Waals surface area contributed by atoms with E-state index in [9.17, 15) is 0 Å². The van der Waals surface area contributed by atoms with Gasteiger partial charge in [0.2, 0.25) is 0 Å². The molecule has 0 saturated heterocycles. The molecule has 0 bridgehead atoms. The van der Waals surface area contributed by atoms with Crippen LogP contribution in [-0.4, -0.2) is 14.8 Å². The Balaban J connectivity index is 2.25. The van der Waals surface area contributed by atoms with Crippen LogP contribution in [-0.2, 0) is 7.05 Å². The molecule has 17 heavy (non-hydrogen) atoms. The van der Waals surface area contributed by atoms with E-state index in [1.807, 2.05) is 31.3 Å². The second-order valence-electron chi connectivity index (χ2n) is 3.70. The predicted molar refractivity (Wildman–Crippen MR) is 71.3 cm³/mol. The highest BCUT2D eigenvalue weighted by Crippen LogP contribution is 2.28. The van der Waals surface area contributed by atoms with Gasteiger partial charge in [0.1, 0.15) is 5.58 Å². The van der Waals surface area contributed by atoms with Crippen molar-refractivity contribution in [2.45, 2.75) is 0 Å². The standard InChI is InChI=1S/C11H8BrN3OS/c1-15-10(13-14-11(15)17)9-5-6-4-7(12)2-3-8(6)16-9/h2-5H,1H3,(H,14,17). The molecule has 0 saturated carbocycles. The van der Waals surface area contributed by atoms with Gasteiger partial charge in [-0.25, -0.2) is 0 Å². The number of H-pyrrole nitrogens is 1. The largest absolute Gasteiger partial charge is 0.453 e. The van der Waals surface area contributed by atoms with Crippen LogP contribution in [0.4, 0.5) is 0 Å². The normalized spacial score (nSPS) is 11.2. The predicted octanol–water partition coefficient (Wildman–Crippen LogP) is 3.65. The van der Waals surface area contributed by atoms with Crippen LogP contribution in [0.3, 0.4) is 0 Å². The number of halogens is 1. The third kappa shape index (κ3) is 1.73. The van der Waals surface area contributed by atoms with Gasteiger partial charge in [0.15, 0.2) is 16.4 Å². The Morgan fingerprint density at radius 3 is 2.94 bits per heavy atom. The van der Waals surface area contributed by atoms with Crippen LogP contribution in [0.5, 0.6) is 0 Å². The second-order valence-corrected chi connectivity index (χ2v) is 5.01. The van der Waals surface area contributed by atoms with Crippen molar-refractivity contribution < 1.29 is 4.42 Å². The Bertz CT molecular complexity index is 756. The highest BCUT2D eigenvalue weighted by molar-refractivity contribution is 9.10. The van der Waals surface area contributed by atoms with Gasteiger partial charge >= 0.3 is 0 Å². The summed E-state index contributed by atoms with van der Waals surface area (Å²) >= 11 is 8.50. The minimum atomic E-state index is 0.571. The third-order valence-corrected chi connectivity index (χ3v) is 3.44. The van der Waals surface area contributed by atoms with Gasteiger partial charge in [-0.1, -0.05) is 15.9 Å². The number of benzene rings is 1. The molecule has 6 heteroatoms. The monoisotopic (exact) mass is 309 g/mol. The zero-order chi connectivity index (χ0) is 12.0. The van der Waals surface area contributed by atoms with Crippen molar-refractivity contribution >= 4 is 39.1 Å². The minimum absolute atomic E-state index is 0.571. The van der Waals surface area contributed by atoms with Gasteiger partial charge in [0.25, 0.3) is 0 Å². The maximum atomic E-state index is 5.73. The maximum absolute atomic E-state index is 5.73. The van der Waals surface area contributed by atoms with Gasteiger partial charge in [0, 0.05) is 16.9 Å². The molecule has 3 aromatic rings. The maximum Gasteiger partial charge on any atom is 0.198 e. The average molecular weight is 310 g/mol. The van der Waals surface area contributed by atoms with Crippen molar-refractivity contribution in [3.05, 3.63) is 33.5 Å². The molecule has 86 valence electrons. The number of aromatic amines is 1. The van der Waals surface area contributed by atoms with Crippen molar-refractivity contribution in [1.29, 1.82) is 0 Å². The summed E-state index contributed by atoms with van der Waals surface area (Å²) in [4.78, 5) is 0. The van der Waals surface area contributed by atoms with Crippen LogP contribution in [0.15, 0.2) is 33.2 Å². The van der Waals surface area contributed by atoms with Gasteiger partial charge < -0.3 is 8.98 Å². The third-order valence-electron chi connectivity index (χ3n) is 2.58. The first-order chi connectivity index (χ1) is 8.15. The molecular weight excluding hydrogens is 302 g/mol. The van der Waals surface area contributed by atoms with Crippen LogP contribution in [0.2, 0.25) is 0 Å². The van der Waals surface area contributed by atoms with Gasteiger partial charge in [-0.3, -0.25) is 5.10 Å². The first kappa shape index (κ1) is 10.7. The van der Waals surface area contributed by atoms with E-state index >= 15 is 0 Å². The van der Waals surface area contributed by atoms with Gasteiger partial charge in [-0.15, -0.1) is 0 Å². The number of aromatic nitrogens is 3. The molecule has 3 rings (SSSR count). The van der Waals surface area contributed by atoms with E-state index in [2.05, 4.69) is 26.1 Å². The summed E-state index contributed by atoms with van der Waals surface area (Å²) in [5.74, 6) is 1.40. The molecule has 4 nitrogen and oxygen atoms in total. The van der Waals surface area contributed by atoms with E-state index in [0.29, 0.717) is 16.4 Å². The summed E-state index contributed by atoms with van der Waals surface area (Å²) in [6.07, 6.45) is 0. The summed E-state index contributed by atoms with van der Waals surface area (Å²) < 4.78 is 9.10. The number of rotatable bonds is 1. The lowest BCUT2D eigenvalue weighted by molar-refractivity contribution is 0.620. The first-order valence-electron chi connectivity index (χ1n) is 4.96. The molecule has 0 atom stereocenters.